The van der Waals surface area contributed by atoms with E-state index in [4.69, 9.17) is 5.73 Å². The van der Waals surface area contributed by atoms with E-state index in [2.05, 4.69) is 42.6 Å². The smallest absolute Gasteiger partial charge is 0.224 e. The second-order valence-electron chi connectivity index (χ2n) is 5.78. The first-order valence-electron chi connectivity index (χ1n) is 7.09. The summed E-state index contributed by atoms with van der Waals surface area (Å²) in [5, 5.41) is 6.33. The van der Waals surface area contributed by atoms with Gasteiger partial charge in [0.2, 0.25) is 5.91 Å². The zero-order chi connectivity index (χ0) is 14.7. The lowest BCUT2D eigenvalue weighted by molar-refractivity contribution is -0.116. The molecule has 1 unspecified atom stereocenters. The highest BCUT2D eigenvalue weighted by Crippen LogP contribution is 2.31. The minimum Gasteiger partial charge on any atom is -0.397 e. The maximum absolute atomic E-state index is 11.4. The number of aryl methyl sites for hydroxylation is 1. The standard InChI is InChI=1S/C15H24N4O/c1-10(6-7-19(2)3)17-14-8-11-4-5-15(20)18-13(11)9-12(14)16/h8-10,17H,4-7,16H2,1-3H3,(H,18,20). The summed E-state index contributed by atoms with van der Waals surface area (Å²) < 4.78 is 0. The number of nitrogens with one attached hydrogen (secondary N) is 2. The number of carbonyl (C=O) groups excluding carboxylic acids is 1. The van der Waals surface area contributed by atoms with Gasteiger partial charge in [-0.25, -0.2) is 0 Å². The highest BCUT2D eigenvalue weighted by molar-refractivity contribution is 5.95. The molecule has 1 heterocycles. The molecule has 1 amide bonds. The molecule has 2 rings (SSSR count). The predicted octanol–water partition coefficient (Wildman–Crippen LogP) is 1.91. The van der Waals surface area contributed by atoms with Gasteiger partial charge in [-0.15, -0.1) is 0 Å². The Balaban J connectivity index is 2.07. The van der Waals surface area contributed by atoms with Crippen molar-refractivity contribution in [1.29, 1.82) is 0 Å². The predicted molar refractivity (Wildman–Crippen MR) is 84.1 cm³/mol. The molecule has 1 atom stereocenters. The van der Waals surface area contributed by atoms with E-state index in [1.807, 2.05) is 6.07 Å². The van der Waals surface area contributed by atoms with Gasteiger partial charge >= 0.3 is 0 Å². The molecule has 1 aromatic rings. The quantitative estimate of drug-likeness (QED) is 0.718. The van der Waals surface area contributed by atoms with Crippen LogP contribution in [-0.4, -0.2) is 37.5 Å². The number of fused-ring (bicyclic) bond motifs is 1. The van der Waals surface area contributed by atoms with Crippen LogP contribution in [-0.2, 0) is 11.2 Å². The first-order valence-corrected chi connectivity index (χ1v) is 7.09. The highest BCUT2D eigenvalue weighted by atomic mass is 16.1. The Hall–Kier alpha value is -1.75. The molecule has 1 aliphatic rings. The van der Waals surface area contributed by atoms with Crippen LogP contribution in [0.4, 0.5) is 17.1 Å². The number of nitrogens with zero attached hydrogens (tertiary/aromatic N) is 1. The van der Waals surface area contributed by atoms with Gasteiger partial charge in [0.1, 0.15) is 0 Å². The van der Waals surface area contributed by atoms with Crippen molar-refractivity contribution in [3.63, 3.8) is 0 Å². The van der Waals surface area contributed by atoms with Gasteiger partial charge < -0.3 is 21.3 Å². The van der Waals surface area contributed by atoms with Crippen molar-refractivity contribution in [2.24, 2.45) is 0 Å². The number of nitrogen functional groups attached to an aromatic ring is 1. The van der Waals surface area contributed by atoms with Gasteiger partial charge in [-0.05, 0) is 58.1 Å². The Kier molecular flexibility index (Phi) is 4.49. The third kappa shape index (κ3) is 3.63. The molecular weight excluding hydrogens is 252 g/mol. The SMILES string of the molecule is CC(CCN(C)C)Nc1cc2c(cc1N)NC(=O)CC2. The number of anilines is 3. The van der Waals surface area contributed by atoms with Gasteiger partial charge in [0.05, 0.1) is 11.4 Å². The average Bonchev–Trinajstić information content (AvgIpc) is 2.37. The molecule has 0 aliphatic carbocycles. The molecule has 0 fully saturated rings. The van der Waals surface area contributed by atoms with E-state index in [1.54, 1.807) is 0 Å². The normalized spacial score (nSPS) is 15.7. The van der Waals surface area contributed by atoms with Gasteiger partial charge in [-0.2, -0.15) is 0 Å². The topological polar surface area (TPSA) is 70.4 Å². The molecule has 5 heteroatoms. The Morgan fingerprint density at radius 1 is 1.40 bits per heavy atom. The van der Waals surface area contributed by atoms with E-state index in [9.17, 15) is 4.79 Å². The van der Waals surface area contributed by atoms with Gasteiger partial charge in [-0.3, -0.25) is 4.79 Å². The Bertz CT molecular complexity index is 499. The lowest BCUT2D eigenvalue weighted by atomic mass is 10.0. The second-order valence-corrected chi connectivity index (χ2v) is 5.78. The van der Waals surface area contributed by atoms with Crippen molar-refractivity contribution >= 4 is 23.0 Å². The number of nitrogens with two attached hydrogens (primary N) is 1. The fourth-order valence-corrected chi connectivity index (χ4v) is 2.36. The summed E-state index contributed by atoms with van der Waals surface area (Å²) in [6.07, 6.45) is 2.38. The van der Waals surface area contributed by atoms with Crippen LogP contribution in [0.3, 0.4) is 0 Å². The average molecular weight is 276 g/mol. The lowest BCUT2D eigenvalue weighted by Gasteiger charge is -2.22. The molecule has 0 radical (unpaired) electrons. The zero-order valence-corrected chi connectivity index (χ0v) is 12.5. The number of hydrogen-bond donors (Lipinski definition) is 3. The minimum absolute atomic E-state index is 0.0666. The molecule has 1 aromatic carbocycles. The maximum Gasteiger partial charge on any atom is 0.224 e. The van der Waals surface area contributed by atoms with E-state index in [0.29, 0.717) is 18.2 Å². The van der Waals surface area contributed by atoms with Crippen LogP contribution in [0.15, 0.2) is 12.1 Å². The molecule has 4 N–H and O–H groups in total. The summed E-state index contributed by atoms with van der Waals surface area (Å²) in [6.45, 7) is 3.19. The van der Waals surface area contributed by atoms with Gasteiger partial charge in [0.25, 0.3) is 0 Å². The van der Waals surface area contributed by atoms with Crippen LogP contribution in [0.1, 0.15) is 25.3 Å². The van der Waals surface area contributed by atoms with Crippen LogP contribution in [0, 0.1) is 0 Å². The molecule has 1 aliphatic heterocycles. The molecule has 0 saturated heterocycles. The number of hydrogen-bond acceptors (Lipinski definition) is 4. The molecule has 0 saturated carbocycles. The minimum atomic E-state index is 0.0666. The number of amides is 1. The van der Waals surface area contributed by atoms with Crippen molar-refractivity contribution in [2.75, 3.05) is 37.0 Å². The second kappa shape index (κ2) is 6.13. The zero-order valence-electron chi connectivity index (χ0n) is 12.5. The van der Waals surface area contributed by atoms with Crippen LogP contribution in [0.25, 0.3) is 0 Å². The summed E-state index contributed by atoms with van der Waals surface area (Å²) in [5.74, 6) is 0.0666. The lowest BCUT2D eigenvalue weighted by Crippen LogP contribution is -2.24. The number of benzene rings is 1. The Morgan fingerprint density at radius 3 is 2.85 bits per heavy atom. The van der Waals surface area contributed by atoms with Crippen molar-refractivity contribution in [3.8, 4) is 0 Å². The van der Waals surface area contributed by atoms with Gasteiger partial charge in [-0.1, -0.05) is 0 Å². The molecule has 0 aromatic heterocycles. The summed E-state index contributed by atoms with van der Waals surface area (Å²) in [5.41, 5.74) is 9.72. The van der Waals surface area contributed by atoms with Crippen LogP contribution in [0.2, 0.25) is 0 Å². The summed E-state index contributed by atoms with van der Waals surface area (Å²) >= 11 is 0. The fourth-order valence-electron chi connectivity index (χ4n) is 2.36. The molecule has 0 spiro atoms. The highest BCUT2D eigenvalue weighted by Gasteiger charge is 2.17. The van der Waals surface area contributed by atoms with Crippen molar-refractivity contribution in [1.82, 2.24) is 4.90 Å². The summed E-state index contributed by atoms with van der Waals surface area (Å²) in [7, 11) is 4.14. The van der Waals surface area contributed by atoms with E-state index in [1.165, 1.54) is 0 Å². The maximum atomic E-state index is 11.4. The number of rotatable bonds is 5. The molecule has 20 heavy (non-hydrogen) atoms. The van der Waals surface area contributed by atoms with Crippen molar-refractivity contribution in [3.05, 3.63) is 17.7 Å². The molecule has 110 valence electrons. The van der Waals surface area contributed by atoms with Gasteiger partial charge in [0, 0.05) is 18.2 Å². The summed E-state index contributed by atoms with van der Waals surface area (Å²) in [4.78, 5) is 13.5. The molecule has 0 bridgehead atoms. The third-order valence-electron chi connectivity index (χ3n) is 3.58. The largest absolute Gasteiger partial charge is 0.397 e. The molecular formula is C15H24N4O. The van der Waals surface area contributed by atoms with Crippen molar-refractivity contribution in [2.45, 2.75) is 32.2 Å². The van der Waals surface area contributed by atoms with E-state index >= 15 is 0 Å². The third-order valence-corrected chi connectivity index (χ3v) is 3.58. The monoisotopic (exact) mass is 276 g/mol. The van der Waals surface area contributed by atoms with Crippen LogP contribution in [0.5, 0.6) is 0 Å². The first-order chi connectivity index (χ1) is 9.45. The first kappa shape index (κ1) is 14.7. The summed E-state index contributed by atoms with van der Waals surface area (Å²) in [6, 6.07) is 4.28. The fraction of sp³-hybridized carbons (Fsp3) is 0.533. The Morgan fingerprint density at radius 2 is 2.15 bits per heavy atom. The van der Waals surface area contributed by atoms with Crippen LogP contribution >= 0.6 is 0 Å². The Labute approximate surface area is 120 Å². The number of carbonyl (C=O) groups is 1. The van der Waals surface area contributed by atoms with Gasteiger partial charge in [0.15, 0.2) is 0 Å². The van der Waals surface area contributed by atoms with E-state index < -0.39 is 0 Å². The van der Waals surface area contributed by atoms with E-state index in [0.717, 1.165) is 36.3 Å². The van der Waals surface area contributed by atoms with Crippen molar-refractivity contribution < 1.29 is 4.79 Å². The van der Waals surface area contributed by atoms with E-state index in [-0.39, 0.29) is 5.91 Å². The van der Waals surface area contributed by atoms with Crippen LogP contribution < -0.4 is 16.4 Å². The molecule has 5 nitrogen and oxygen atoms in total.